The summed E-state index contributed by atoms with van der Waals surface area (Å²) in [6.07, 6.45) is 2.48. The topological polar surface area (TPSA) is 137 Å². The van der Waals surface area contributed by atoms with Gasteiger partial charge in [-0.3, -0.25) is 4.57 Å². The Labute approximate surface area is 149 Å². The monoisotopic (exact) mass is 366 g/mol. The molecule has 1 aliphatic rings. The van der Waals surface area contributed by atoms with Gasteiger partial charge in [0, 0.05) is 24.2 Å². The summed E-state index contributed by atoms with van der Waals surface area (Å²) in [6, 6.07) is 2.38. The number of carbonyl (C=O) groups excluding carboxylic acids is 1. The standard InChI is InChI=1S/C17H22N2O7/c1-9-6-13(21)18(15(9)23)8-10-2-4-11(5-3-10)17(25)26-19-14(22)7-12(20)16(19)24/h6-7,10-11,20-24H,2-5,8H2,1H3. The summed E-state index contributed by atoms with van der Waals surface area (Å²) in [5.41, 5.74) is 0.606. The van der Waals surface area contributed by atoms with Gasteiger partial charge in [0.25, 0.3) is 5.88 Å². The zero-order valence-corrected chi connectivity index (χ0v) is 14.3. The minimum atomic E-state index is -0.738. The van der Waals surface area contributed by atoms with Crippen molar-refractivity contribution >= 4 is 5.97 Å². The molecule has 26 heavy (non-hydrogen) atoms. The van der Waals surface area contributed by atoms with Crippen LogP contribution >= 0.6 is 0 Å². The van der Waals surface area contributed by atoms with Crippen LogP contribution in [0.25, 0.3) is 0 Å². The summed E-state index contributed by atoms with van der Waals surface area (Å²) in [4.78, 5) is 17.2. The molecule has 1 fully saturated rings. The third kappa shape index (κ3) is 3.24. The Morgan fingerprint density at radius 1 is 1.04 bits per heavy atom. The predicted molar refractivity (Wildman–Crippen MR) is 89.0 cm³/mol. The lowest BCUT2D eigenvalue weighted by atomic mass is 9.82. The van der Waals surface area contributed by atoms with Gasteiger partial charge in [-0.25, -0.2) is 4.79 Å². The van der Waals surface area contributed by atoms with Crippen molar-refractivity contribution in [3.63, 3.8) is 0 Å². The molecule has 0 saturated heterocycles. The Morgan fingerprint density at radius 2 is 1.69 bits per heavy atom. The van der Waals surface area contributed by atoms with Crippen molar-refractivity contribution in [3.8, 4) is 29.3 Å². The van der Waals surface area contributed by atoms with Gasteiger partial charge in [0.15, 0.2) is 17.5 Å². The van der Waals surface area contributed by atoms with E-state index in [0.29, 0.717) is 42.5 Å². The van der Waals surface area contributed by atoms with Crippen LogP contribution in [0.3, 0.4) is 0 Å². The van der Waals surface area contributed by atoms with Gasteiger partial charge in [0.05, 0.1) is 5.92 Å². The average molecular weight is 366 g/mol. The number of aromatic nitrogens is 2. The largest absolute Gasteiger partial charge is 0.503 e. The molecule has 2 aromatic heterocycles. The maximum Gasteiger partial charge on any atom is 0.336 e. The van der Waals surface area contributed by atoms with E-state index in [1.54, 1.807) is 6.92 Å². The van der Waals surface area contributed by atoms with Crippen molar-refractivity contribution in [2.45, 2.75) is 39.2 Å². The summed E-state index contributed by atoms with van der Waals surface area (Å²) in [5, 5.41) is 48.2. The van der Waals surface area contributed by atoms with E-state index in [0.717, 1.165) is 6.07 Å². The molecule has 3 rings (SSSR count). The number of aromatic hydroxyl groups is 5. The predicted octanol–water partition coefficient (Wildman–Crippen LogP) is 1.59. The van der Waals surface area contributed by atoms with Gasteiger partial charge in [0.2, 0.25) is 5.88 Å². The van der Waals surface area contributed by atoms with Crippen LogP contribution in [0.15, 0.2) is 12.1 Å². The molecule has 5 N–H and O–H groups in total. The molecule has 0 aliphatic heterocycles. The van der Waals surface area contributed by atoms with E-state index >= 15 is 0 Å². The molecule has 2 aromatic rings. The summed E-state index contributed by atoms with van der Waals surface area (Å²) in [7, 11) is 0. The molecule has 1 saturated carbocycles. The van der Waals surface area contributed by atoms with E-state index in [1.807, 2.05) is 0 Å². The van der Waals surface area contributed by atoms with Gasteiger partial charge >= 0.3 is 5.97 Å². The molecule has 142 valence electrons. The number of nitrogens with zero attached hydrogens (tertiary/aromatic N) is 2. The van der Waals surface area contributed by atoms with Crippen LogP contribution in [0.1, 0.15) is 31.2 Å². The van der Waals surface area contributed by atoms with Crippen molar-refractivity contribution in [2.24, 2.45) is 11.8 Å². The quantitative estimate of drug-likeness (QED) is 0.554. The van der Waals surface area contributed by atoms with Crippen molar-refractivity contribution in [2.75, 3.05) is 0 Å². The first-order chi connectivity index (χ1) is 12.3. The number of hydrogen-bond donors (Lipinski definition) is 5. The SMILES string of the molecule is Cc1cc(O)n(CC2CCC(C(=O)On3c(O)cc(O)c3O)CC2)c1O. The summed E-state index contributed by atoms with van der Waals surface area (Å²) in [5.74, 6) is -2.65. The molecule has 0 aromatic carbocycles. The second-order valence-corrected chi connectivity index (χ2v) is 6.75. The van der Waals surface area contributed by atoms with Crippen molar-refractivity contribution in [3.05, 3.63) is 17.7 Å². The van der Waals surface area contributed by atoms with Crippen LogP contribution < -0.4 is 4.84 Å². The Morgan fingerprint density at radius 3 is 2.19 bits per heavy atom. The van der Waals surface area contributed by atoms with Crippen LogP contribution in [0.2, 0.25) is 0 Å². The molecule has 0 amide bonds. The van der Waals surface area contributed by atoms with Gasteiger partial charge in [-0.15, -0.1) is 4.73 Å². The van der Waals surface area contributed by atoms with E-state index in [1.165, 1.54) is 10.6 Å². The molecule has 0 atom stereocenters. The van der Waals surface area contributed by atoms with E-state index < -0.39 is 29.4 Å². The summed E-state index contributed by atoms with van der Waals surface area (Å²) < 4.78 is 1.94. The van der Waals surface area contributed by atoms with Gasteiger partial charge in [-0.1, -0.05) is 0 Å². The molecule has 0 unspecified atom stereocenters. The van der Waals surface area contributed by atoms with Crippen LogP contribution in [-0.4, -0.2) is 40.8 Å². The van der Waals surface area contributed by atoms with E-state index in [9.17, 15) is 30.3 Å². The maximum absolute atomic E-state index is 12.2. The minimum Gasteiger partial charge on any atom is -0.503 e. The average Bonchev–Trinajstić information content (AvgIpc) is 2.98. The second-order valence-electron chi connectivity index (χ2n) is 6.75. The fraction of sp³-hybridized carbons (Fsp3) is 0.471. The lowest BCUT2D eigenvalue weighted by Gasteiger charge is -2.27. The van der Waals surface area contributed by atoms with Crippen LogP contribution in [0.5, 0.6) is 29.3 Å². The third-order valence-electron chi connectivity index (χ3n) is 4.93. The first-order valence-corrected chi connectivity index (χ1v) is 8.40. The molecule has 0 radical (unpaired) electrons. The van der Waals surface area contributed by atoms with Crippen LogP contribution in [-0.2, 0) is 11.3 Å². The Hall–Kier alpha value is -2.97. The van der Waals surface area contributed by atoms with E-state index in [-0.39, 0.29) is 17.7 Å². The van der Waals surface area contributed by atoms with Gasteiger partial charge in [0.1, 0.15) is 0 Å². The van der Waals surface area contributed by atoms with Crippen LogP contribution in [0, 0.1) is 18.8 Å². The lowest BCUT2D eigenvalue weighted by Crippen LogP contribution is -2.30. The molecular weight excluding hydrogens is 344 g/mol. The van der Waals surface area contributed by atoms with Gasteiger partial charge in [-0.05, 0) is 38.5 Å². The highest BCUT2D eigenvalue weighted by atomic mass is 16.7. The second kappa shape index (κ2) is 6.74. The third-order valence-corrected chi connectivity index (χ3v) is 4.93. The Balaban J connectivity index is 1.57. The maximum atomic E-state index is 12.2. The van der Waals surface area contributed by atoms with Crippen molar-refractivity contribution < 1.29 is 35.2 Å². The van der Waals surface area contributed by atoms with Crippen LogP contribution in [0.4, 0.5) is 0 Å². The number of aryl methyl sites for hydroxylation is 1. The molecule has 9 nitrogen and oxygen atoms in total. The smallest absolute Gasteiger partial charge is 0.336 e. The molecule has 2 heterocycles. The lowest BCUT2D eigenvalue weighted by molar-refractivity contribution is -0.151. The summed E-state index contributed by atoms with van der Waals surface area (Å²) in [6.45, 7) is 2.17. The van der Waals surface area contributed by atoms with Gasteiger partial charge < -0.3 is 30.4 Å². The Bertz CT molecular complexity index is 816. The Kier molecular flexibility index (Phi) is 4.62. The molecular formula is C17H22N2O7. The molecule has 9 heteroatoms. The first kappa shape index (κ1) is 17.8. The van der Waals surface area contributed by atoms with Crippen molar-refractivity contribution in [1.29, 1.82) is 0 Å². The highest BCUT2D eigenvalue weighted by molar-refractivity contribution is 5.73. The zero-order valence-electron chi connectivity index (χ0n) is 14.3. The number of carbonyl (C=O) groups is 1. The number of hydrogen-bond acceptors (Lipinski definition) is 7. The normalized spacial score (nSPS) is 20.2. The van der Waals surface area contributed by atoms with E-state index in [2.05, 4.69) is 0 Å². The fourth-order valence-electron chi connectivity index (χ4n) is 3.39. The van der Waals surface area contributed by atoms with Crippen molar-refractivity contribution in [1.82, 2.24) is 9.30 Å². The van der Waals surface area contributed by atoms with E-state index in [4.69, 9.17) is 4.84 Å². The fourth-order valence-corrected chi connectivity index (χ4v) is 3.39. The molecule has 0 spiro atoms. The first-order valence-electron chi connectivity index (χ1n) is 8.40. The highest BCUT2D eigenvalue weighted by Gasteiger charge is 2.30. The summed E-state index contributed by atoms with van der Waals surface area (Å²) >= 11 is 0. The minimum absolute atomic E-state index is 0.0138. The molecule has 1 aliphatic carbocycles. The zero-order chi connectivity index (χ0) is 19.0. The highest BCUT2D eigenvalue weighted by Crippen LogP contribution is 2.35. The number of rotatable bonds is 4. The van der Waals surface area contributed by atoms with Gasteiger partial charge in [-0.2, -0.15) is 0 Å². The molecule has 0 bridgehead atoms.